The van der Waals surface area contributed by atoms with Gasteiger partial charge in [0.05, 0.1) is 7.11 Å². The van der Waals surface area contributed by atoms with E-state index in [2.05, 4.69) is 13.0 Å². The van der Waals surface area contributed by atoms with Crippen LogP contribution < -0.4 is 15.2 Å². The van der Waals surface area contributed by atoms with Gasteiger partial charge in [0.25, 0.3) is 0 Å². The van der Waals surface area contributed by atoms with Crippen molar-refractivity contribution in [2.75, 3.05) is 7.11 Å². The summed E-state index contributed by atoms with van der Waals surface area (Å²) in [6.07, 6.45) is 8.43. The van der Waals surface area contributed by atoms with Gasteiger partial charge in [-0.2, -0.15) is 0 Å². The van der Waals surface area contributed by atoms with E-state index in [1.54, 1.807) is 7.11 Å². The third-order valence-electron chi connectivity index (χ3n) is 5.25. The topological polar surface area (TPSA) is 44.5 Å². The Bertz CT molecular complexity index is 492. The summed E-state index contributed by atoms with van der Waals surface area (Å²) in [6, 6.07) is 6.10. The molecule has 1 aromatic carbocycles. The van der Waals surface area contributed by atoms with Crippen molar-refractivity contribution in [2.24, 2.45) is 11.7 Å². The summed E-state index contributed by atoms with van der Waals surface area (Å²) in [5.41, 5.74) is 7.50. The molecule has 1 spiro atoms. The molecule has 116 valence electrons. The number of methoxy groups -OCH3 is 1. The predicted molar refractivity (Wildman–Crippen MR) is 84.8 cm³/mol. The fraction of sp³-hybridized carbons (Fsp3) is 0.667. The highest BCUT2D eigenvalue weighted by Gasteiger charge is 2.42. The number of hydrogen-bond donors (Lipinski definition) is 1. The summed E-state index contributed by atoms with van der Waals surface area (Å²) in [4.78, 5) is 0. The van der Waals surface area contributed by atoms with Gasteiger partial charge >= 0.3 is 0 Å². The molecule has 3 rings (SSSR count). The Balaban J connectivity index is 1.78. The third kappa shape index (κ3) is 2.89. The molecule has 0 amide bonds. The normalized spacial score (nSPS) is 31.6. The number of benzene rings is 1. The molecule has 3 heteroatoms. The zero-order chi connectivity index (χ0) is 14.9. The molecule has 1 aliphatic heterocycles. The van der Waals surface area contributed by atoms with Crippen LogP contribution in [0.5, 0.6) is 11.5 Å². The van der Waals surface area contributed by atoms with E-state index in [9.17, 15) is 0 Å². The molecular formula is C18H27NO2. The molecule has 1 atom stereocenters. The Hall–Kier alpha value is -1.22. The largest absolute Gasteiger partial charge is 0.497 e. The van der Waals surface area contributed by atoms with Crippen LogP contribution in [0.4, 0.5) is 0 Å². The summed E-state index contributed by atoms with van der Waals surface area (Å²) in [7, 11) is 1.69. The van der Waals surface area contributed by atoms with Crippen molar-refractivity contribution in [1.82, 2.24) is 0 Å². The number of hydrogen-bond acceptors (Lipinski definition) is 3. The molecule has 2 N–H and O–H groups in total. The average Bonchev–Trinajstić information content (AvgIpc) is 2.49. The highest BCUT2D eigenvalue weighted by Crippen LogP contribution is 2.47. The zero-order valence-electron chi connectivity index (χ0n) is 13.2. The first-order valence-electron chi connectivity index (χ1n) is 8.28. The van der Waals surface area contributed by atoms with E-state index in [1.165, 1.54) is 25.7 Å². The highest BCUT2D eigenvalue weighted by atomic mass is 16.5. The number of rotatable bonds is 3. The van der Waals surface area contributed by atoms with Crippen LogP contribution in [0, 0.1) is 5.92 Å². The Morgan fingerprint density at radius 1 is 1.33 bits per heavy atom. The van der Waals surface area contributed by atoms with Crippen LogP contribution in [-0.4, -0.2) is 12.7 Å². The predicted octanol–water partition coefficient (Wildman–Crippen LogP) is 4.21. The standard InChI is InChI=1S/C18H27NO2/c1-3-4-13-7-9-18(10-8-13)12-16(19)15-6-5-14(20-2)11-17(15)21-18/h5-6,11,13,16H,3-4,7-10,12,19H2,1-2H3/t13?,16-,18?/m1/s1. The van der Waals surface area contributed by atoms with Gasteiger partial charge in [-0.3, -0.25) is 0 Å². The van der Waals surface area contributed by atoms with E-state index in [-0.39, 0.29) is 11.6 Å². The van der Waals surface area contributed by atoms with Crippen molar-refractivity contribution in [3.05, 3.63) is 23.8 Å². The second-order valence-electron chi connectivity index (χ2n) is 6.73. The summed E-state index contributed by atoms with van der Waals surface area (Å²) >= 11 is 0. The van der Waals surface area contributed by atoms with Crippen LogP contribution in [0.15, 0.2) is 18.2 Å². The van der Waals surface area contributed by atoms with Gasteiger partial charge in [0.1, 0.15) is 17.1 Å². The first-order chi connectivity index (χ1) is 10.2. The van der Waals surface area contributed by atoms with Crippen LogP contribution in [0.3, 0.4) is 0 Å². The monoisotopic (exact) mass is 289 g/mol. The lowest BCUT2D eigenvalue weighted by Crippen LogP contribution is -2.45. The van der Waals surface area contributed by atoms with Crippen LogP contribution >= 0.6 is 0 Å². The quantitative estimate of drug-likeness (QED) is 0.906. The molecule has 0 saturated heterocycles. The van der Waals surface area contributed by atoms with Crippen molar-refractivity contribution >= 4 is 0 Å². The maximum absolute atomic E-state index is 6.44. The first kappa shape index (κ1) is 14.7. The van der Waals surface area contributed by atoms with E-state index >= 15 is 0 Å². The zero-order valence-corrected chi connectivity index (χ0v) is 13.2. The molecule has 0 aromatic heterocycles. The Kier molecular flexibility index (Phi) is 4.12. The third-order valence-corrected chi connectivity index (χ3v) is 5.25. The number of ether oxygens (including phenoxy) is 2. The lowest BCUT2D eigenvalue weighted by Gasteiger charge is -2.45. The summed E-state index contributed by atoms with van der Waals surface area (Å²) in [5, 5.41) is 0. The van der Waals surface area contributed by atoms with E-state index in [1.807, 2.05) is 12.1 Å². The molecule has 21 heavy (non-hydrogen) atoms. The number of fused-ring (bicyclic) bond motifs is 1. The molecule has 1 fully saturated rings. The molecule has 1 saturated carbocycles. The van der Waals surface area contributed by atoms with Crippen LogP contribution in [0.2, 0.25) is 0 Å². The minimum absolute atomic E-state index is 0.0387. The molecule has 3 nitrogen and oxygen atoms in total. The first-order valence-corrected chi connectivity index (χ1v) is 8.28. The average molecular weight is 289 g/mol. The summed E-state index contributed by atoms with van der Waals surface area (Å²) in [5.74, 6) is 2.66. The van der Waals surface area contributed by atoms with Crippen LogP contribution in [-0.2, 0) is 0 Å². The fourth-order valence-corrected chi connectivity index (χ4v) is 4.03. The van der Waals surface area contributed by atoms with Gasteiger partial charge in [0.2, 0.25) is 0 Å². The number of nitrogens with two attached hydrogens (primary N) is 1. The van der Waals surface area contributed by atoms with Crippen molar-refractivity contribution < 1.29 is 9.47 Å². The Morgan fingerprint density at radius 3 is 2.76 bits per heavy atom. The van der Waals surface area contributed by atoms with Crippen molar-refractivity contribution in [1.29, 1.82) is 0 Å². The maximum atomic E-state index is 6.44. The van der Waals surface area contributed by atoms with Crippen molar-refractivity contribution in [2.45, 2.75) is 63.5 Å². The van der Waals surface area contributed by atoms with E-state index in [0.717, 1.165) is 42.2 Å². The highest BCUT2D eigenvalue weighted by molar-refractivity contribution is 5.44. The van der Waals surface area contributed by atoms with Gasteiger partial charge in [0, 0.05) is 24.1 Å². The second kappa shape index (κ2) is 5.88. The van der Waals surface area contributed by atoms with Crippen molar-refractivity contribution in [3.8, 4) is 11.5 Å². The lowest BCUT2D eigenvalue weighted by atomic mass is 9.72. The van der Waals surface area contributed by atoms with E-state index < -0.39 is 0 Å². The van der Waals surface area contributed by atoms with Gasteiger partial charge < -0.3 is 15.2 Å². The van der Waals surface area contributed by atoms with Crippen LogP contribution in [0.1, 0.15) is 63.5 Å². The molecule has 1 aliphatic carbocycles. The second-order valence-corrected chi connectivity index (χ2v) is 6.73. The molecular weight excluding hydrogens is 262 g/mol. The molecule has 1 heterocycles. The molecule has 1 aromatic rings. The molecule has 0 radical (unpaired) electrons. The SMILES string of the molecule is CCCC1CCC2(CC1)C[C@@H](N)c1ccc(OC)cc1O2. The van der Waals surface area contributed by atoms with Gasteiger partial charge in [-0.15, -0.1) is 0 Å². The Labute approximate surface area is 127 Å². The van der Waals surface area contributed by atoms with Gasteiger partial charge in [-0.1, -0.05) is 25.8 Å². The van der Waals surface area contributed by atoms with Gasteiger partial charge in [-0.25, -0.2) is 0 Å². The van der Waals surface area contributed by atoms with Crippen LogP contribution in [0.25, 0.3) is 0 Å². The van der Waals surface area contributed by atoms with E-state index in [0.29, 0.717) is 0 Å². The molecule has 0 bridgehead atoms. The van der Waals surface area contributed by atoms with Crippen molar-refractivity contribution in [3.63, 3.8) is 0 Å². The fourth-order valence-electron chi connectivity index (χ4n) is 4.03. The minimum Gasteiger partial charge on any atom is -0.497 e. The molecule has 2 aliphatic rings. The summed E-state index contributed by atoms with van der Waals surface area (Å²) in [6.45, 7) is 2.28. The lowest BCUT2D eigenvalue weighted by molar-refractivity contribution is -0.0117. The van der Waals surface area contributed by atoms with Gasteiger partial charge in [0.15, 0.2) is 0 Å². The smallest absolute Gasteiger partial charge is 0.128 e. The maximum Gasteiger partial charge on any atom is 0.128 e. The Morgan fingerprint density at radius 2 is 2.10 bits per heavy atom. The van der Waals surface area contributed by atoms with Gasteiger partial charge in [-0.05, 0) is 37.7 Å². The summed E-state index contributed by atoms with van der Waals surface area (Å²) < 4.78 is 11.8. The van der Waals surface area contributed by atoms with E-state index in [4.69, 9.17) is 15.2 Å². The molecule has 0 unspecified atom stereocenters. The minimum atomic E-state index is -0.0387.